The molecule has 0 aromatic heterocycles. The minimum atomic E-state index is -3.62. The number of sulfonamides is 1. The number of amides is 1. The van der Waals surface area contributed by atoms with Crippen LogP contribution in [0.25, 0.3) is 0 Å². The Bertz CT molecular complexity index is 663. The van der Waals surface area contributed by atoms with Crippen molar-refractivity contribution in [3.8, 4) is 6.07 Å². The number of carbonyl (C=O) groups excluding carboxylic acids is 1. The van der Waals surface area contributed by atoms with Gasteiger partial charge in [0.2, 0.25) is 15.9 Å². The van der Waals surface area contributed by atoms with Crippen molar-refractivity contribution in [2.45, 2.75) is 20.3 Å². The van der Waals surface area contributed by atoms with Crippen LogP contribution >= 0.6 is 0 Å². The van der Waals surface area contributed by atoms with Gasteiger partial charge in [-0.05, 0) is 30.5 Å². The fourth-order valence-corrected chi connectivity index (χ4v) is 2.67. The molecule has 7 heteroatoms. The molecule has 0 fully saturated rings. The smallest absolute Gasteiger partial charge is 0.240 e. The minimum absolute atomic E-state index is 0.300. The lowest BCUT2D eigenvalue weighted by atomic mass is 10.1. The Morgan fingerprint density at radius 1 is 1.41 bits per heavy atom. The number of rotatable bonds is 7. The minimum Gasteiger partial charge on any atom is -0.355 e. The topological polar surface area (TPSA) is 90.3 Å². The first kappa shape index (κ1) is 18.0. The van der Waals surface area contributed by atoms with Crippen LogP contribution < -0.4 is 9.62 Å². The van der Waals surface area contributed by atoms with Gasteiger partial charge in [0.1, 0.15) is 6.54 Å². The van der Waals surface area contributed by atoms with Gasteiger partial charge in [-0.25, -0.2) is 8.42 Å². The number of benzene rings is 1. The molecule has 0 radical (unpaired) electrons. The van der Waals surface area contributed by atoms with Gasteiger partial charge < -0.3 is 5.32 Å². The molecule has 1 aromatic carbocycles. The zero-order valence-corrected chi connectivity index (χ0v) is 13.9. The average Bonchev–Trinajstić information content (AvgIpc) is 2.43. The Hall–Kier alpha value is -2.07. The van der Waals surface area contributed by atoms with E-state index in [0.717, 1.165) is 17.0 Å². The lowest BCUT2D eigenvalue weighted by Gasteiger charge is -2.22. The number of nitriles is 1. The monoisotopic (exact) mass is 323 g/mol. The van der Waals surface area contributed by atoms with Crippen LogP contribution in [0.3, 0.4) is 0 Å². The second kappa shape index (κ2) is 7.80. The van der Waals surface area contributed by atoms with Crippen LogP contribution in [0.5, 0.6) is 0 Å². The van der Waals surface area contributed by atoms with E-state index in [0.29, 0.717) is 23.7 Å². The molecule has 22 heavy (non-hydrogen) atoms. The summed E-state index contributed by atoms with van der Waals surface area (Å²) in [7, 11) is -3.62. The summed E-state index contributed by atoms with van der Waals surface area (Å²) >= 11 is 0. The SMILES string of the molecule is CC(C)CCNC(=O)CN(c1cccc(C#N)c1)S(C)(=O)=O. The van der Waals surface area contributed by atoms with Crippen molar-refractivity contribution >= 4 is 21.6 Å². The highest BCUT2D eigenvalue weighted by Crippen LogP contribution is 2.18. The molecular formula is C15H21N3O3S. The number of nitrogens with zero attached hydrogens (tertiary/aromatic N) is 2. The molecule has 0 spiro atoms. The second-order valence-corrected chi connectivity index (χ2v) is 7.37. The van der Waals surface area contributed by atoms with Crippen molar-refractivity contribution in [2.24, 2.45) is 5.92 Å². The predicted octanol–water partition coefficient (Wildman–Crippen LogP) is 1.49. The molecule has 1 rings (SSSR count). The summed E-state index contributed by atoms with van der Waals surface area (Å²) in [6.07, 6.45) is 1.86. The largest absolute Gasteiger partial charge is 0.355 e. The van der Waals surface area contributed by atoms with Crippen molar-refractivity contribution in [1.82, 2.24) is 5.32 Å². The van der Waals surface area contributed by atoms with Gasteiger partial charge in [0.05, 0.1) is 23.6 Å². The van der Waals surface area contributed by atoms with Crippen molar-refractivity contribution in [3.05, 3.63) is 29.8 Å². The number of nitrogens with one attached hydrogen (secondary N) is 1. The van der Waals surface area contributed by atoms with E-state index in [1.807, 2.05) is 19.9 Å². The molecule has 120 valence electrons. The van der Waals surface area contributed by atoms with Gasteiger partial charge >= 0.3 is 0 Å². The van der Waals surface area contributed by atoms with Crippen molar-refractivity contribution < 1.29 is 13.2 Å². The highest BCUT2D eigenvalue weighted by Gasteiger charge is 2.20. The van der Waals surface area contributed by atoms with Crippen LogP contribution in [-0.2, 0) is 14.8 Å². The number of anilines is 1. The molecule has 0 aliphatic rings. The number of carbonyl (C=O) groups is 1. The standard InChI is InChI=1S/C15H21N3O3S/c1-12(2)7-8-17-15(19)11-18(22(3,20)21)14-6-4-5-13(9-14)10-16/h4-6,9,12H,7-8,11H2,1-3H3,(H,17,19). The lowest BCUT2D eigenvalue weighted by molar-refractivity contribution is -0.119. The molecule has 0 saturated heterocycles. The van der Waals surface area contributed by atoms with Crippen LogP contribution in [0.2, 0.25) is 0 Å². The van der Waals surface area contributed by atoms with Crippen LogP contribution in [0.15, 0.2) is 24.3 Å². The molecule has 1 aromatic rings. The summed E-state index contributed by atoms with van der Waals surface area (Å²) in [6, 6.07) is 8.12. The summed E-state index contributed by atoms with van der Waals surface area (Å²) in [4.78, 5) is 11.9. The number of hydrogen-bond donors (Lipinski definition) is 1. The highest BCUT2D eigenvalue weighted by atomic mass is 32.2. The normalized spacial score (nSPS) is 11.0. The second-order valence-electron chi connectivity index (χ2n) is 5.46. The van der Waals surface area contributed by atoms with E-state index < -0.39 is 10.0 Å². The van der Waals surface area contributed by atoms with Crippen molar-refractivity contribution in [2.75, 3.05) is 23.7 Å². The van der Waals surface area contributed by atoms with Gasteiger partial charge in [-0.1, -0.05) is 19.9 Å². The van der Waals surface area contributed by atoms with E-state index in [-0.39, 0.29) is 12.5 Å². The van der Waals surface area contributed by atoms with E-state index >= 15 is 0 Å². The van der Waals surface area contributed by atoms with Crippen LogP contribution in [0.1, 0.15) is 25.8 Å². The molecule has 0 unspecified atom stereocenters. The fourth-order valence-electron chi connectivity index (χ4n) is 1.82. The van der Waals surface area contributed by atoms with Crippen LogP contribution in [-0.4, -0.2) is 33.7 Å². The first-order chi connectivity index (χ1) is 10.2. The average molecular weight is 323 g/mol. The maximum atomic E-state index is 11.9. The first-order valence-electron chi connectivity index (χ1n) is 6.98. The lowest BCUT2D eigenvalue weighted by Crippen LogP contribution is -2.40. The summed E-state index contributed by atoms with van der Waals surface area (Å²) in [5.74, 6) is 0.0899. The zero-order valence-electron chi connectivity index (χ0n) is 13.0. The van der Waals surface area contributed by atoms with Gasteiger partial charge in [-0.2, -0.15) is 5.26 Å². The van der Waals surface area contributed by atoms with Crippen LogP contribution in [0, 0.1) is 17.2 Å². The summed E-state index contributed by atoms with van der Waals surface area (Å²) < 4.78 is 24.8. The molecule has 0 heterocycles. The Morgan fingerprint density at radius 2 is 2.09 bits per heavy atom. The van der Waals surface area contributed by atoms with E-state index in [1.54, 1.807) is 18.2 Å². The molecule has 0 aliphatic heterocycles. The Kier molecular flexibility index (Phi) is 6.38. The molecule has 1 N–H and O–H groups in total. The van der Waals surface area contributed by atoms with Gasteiger partial charge in [0, 0.05) is 6.54 Å². The quantitative estimate of drug-likeness (QED) is 0.823. The van der Waals surface area contributed by atoms with Crippen molar-refractivity contribution in [3.63, 3.8) is 0 Å². The Balaban J connectivity index is 2.87. The summed E-state index contributed by atoms with van der Waals surface area (Å²) in [5.41, 5.74) is 0.645. The summed E-state index contributed by atoms with van der Waals surface area (Å²) in [5, 5.41) is 11.6. The molecule has 0 bridgehead atoms. The Labute approximate surface area is 131 Å². The van der Waals surface area contributed by atoms with E-state index in [1.165, 1.54) is 6.07 Å². The molecule has 0 atom stereocenters. The highest BCUT2D eigenvalue weighted by molar-refractivity contribution is 7.92. The Morgan fingerprint density at radius 3 is 2.64 bits per heavy atom. The third-order valence-electron chi connectivity index (χ3n) is 2.99. The summed E-state index contributed by atoms with van der Waals surface area (Å²) in [6.45, 7) is 4.29. The van der Waals surface area contributed by atoms with Crippen LogP contribution in [0.4, 0.5) is 5.69 Å². The van der Waals surface area contributed by atoms with Gasteiger partial charge in [0.25, 0.3) is 0 Å². The molecule has 0 saturated carbocycles. The predicted molar refractivity (Wildman–Crippen MR) is 85.8 cm³/mol. The molecule has 0 aliphatic carbocycles. The fraction of sp³-hybridized carbons (Fsp3) is 0.467. The van der Waals surface area contributed by atoms with Crippen molar-refractivity contribution in [1.29, 1.82) is 5.26 Å². The molecular weight excluding hydrogens is 302 g/mol. The maximum Gasteiger partial charge on any atom is 0.240 e. The van der Waals surface area contributed by atoms with E-state index in [4.69, 9.17) is 5.26 Å². The van der Waals surface area contributed by atoms with E-state index in [9.17, 15) is 13.2 Å². The molecule has 1 amide bonds. The maximum absolute atomic E-state index is 11.9. The third kappa shape index (κ3) is 5.74. The van der Waals surface area contributed by atoms with Gasteiger partial charge in [-0.3, -0.25) is 9.10 Å². The number of hydrogen-bond acceptors (Lipinski definition) is 4. The van der Waals surface area contributed by atoms with E-state index in [2.05, 4.69) is 5.32 Å². The molecule has 6 nitrogen and oxygen atoms in total. The zero-order chi connectivity index (χ0) is 16.8. The first-order valence-corrected chi connectivity index (χ1v) is 8.83. The third-order valence-corrected chi connectivity index (χ3v) is 4.14. The van der Waals surface area contributed by atoms with Gasteiger partial charge in [0.15, 0.2) is 0 Å². The van der Waals surface area contributed by atoms with Gasteiger partial charge in [-0.15, -0.1) is 0 Å².